The van der Waals surface area contributed by atoms with E-state index in [1.807, 2.05) is 0 Å². The van der Waals surface area contributed by atoms with E-state index in [0.717, 1.165) is 6.54 Å². The summed E-state index contributed by atoms with van der Waals surface area (Å²) >= 11 is 0. The van der Waals surface area contributed by atoms with Gasteiger partial charge in [0.1, 0.15) is 0 Å². The van der Waals surface area contributed by atoms with Crippen LogP contribution in [0.3, 0.4) is 0 Å². The predicted molar refractivity (Wildman–Crippen MR) is 41.9 cm³/mol. The van der Waals surface area contributed by atoms with Crippen molar-refractivity contribution in [2.75, 3.05) is 6.54 Å². The van der Waals surface area contributed by atoms with Crippen molar-refractivity contribution >= 4 is 12.4 Å². The Morgan fingerprint density at radius 1 is 1.44 bits per heavy atom. The molecule has 1 rings (SSSR count). The molecule has 0 bridgehead atoms. The number of halogens is 1. The number of piperidine rings is 1. The van der Waals surface area contributed by atoms with Crippen molar-refractivity contribution < 1.29 is 0 Å². The van der Waals surface area contributed by atoms with Gasteiger partial charge in [0.05, 0.1) is 0 Å². The highest BCUT2D eigenvalue weighted by atomic mass is 35.5. The molecule has 3 N–H and O–H groups in total. The van der Waals surface area contributed by atoms with E-state index in [0.29, 0.717) is 12.1 Å². The van der Waals surface area contributed by atoms with Crippen molar-refractivity contribution in [3.05, 3.63) is 0 Å². The van der Waals surface area contributed by atoms with Crippen molar-refractivity contribution in [2.24, 2.45) is 5.73 Å². The summed E-state index contributed by atoms with van der Waals surface area (Å²) in [4.78, 5) is 0. The summed E-state index contributed by atoms with van der Waals surface area (Å²) < 4.78 is 0. The summed E-state index contributed by atoms with van der Waals surface area (Å²) in [7, 11) is 0. The van der Waals surface area contributed by atoms with E-state index in [-0.39, 0.29) is 12.4 Å². The molecular weight excluding hydrogens is 136 g/mol. The Hall–Kier alpha value is 0.210. The first-order chi connectivity index (χ1) is 3.79. The molecular formula is C6H15ClN2. The fourth-order valence-corrected chi connectivity index (χ4v) is 1.02. The molecule has 1 saturated heterocycles. The molecule has 0 saturated carbocycles. The summed E-state index contributed by atoms with van der Waals surface area (Å²) in [6.45, 7) is 3.20. The summed E-state index contributed by atoms with van der Waals surface area (Å²) in [5, 5.41) is 3.31. The van der Waals surface area contributed by atoms with E-state index in [9.17, 15) is 0 Å². The Balaban J connectivity index is 0.000000640. The minimum absolute atomic E-state index is 0. The van der Waals surface area contributed by atoms with Gasteiger partial charge in [-0.2, -0.15) is 0 Å². The maximum absolute atomic E-state index is 5.63. The Kier molecular flexibility index (Phi) is 4.19. The summed E-state index contributed by atoms with van der Waals surface area (Å²) in [6, 6.07) is 1.10. The number of hydrogen-bond acceptors (Lipinski definition) is 2. The van der Waals surface area contributed by atoms with E-state index in [2.05, 4.69) is 12.2 Å². The second-order valence-corrected chi connectivity index (χ2v) is 2.65. The van der Waals surface area contributed by atoms with Gasteiger partial charge in [-0.15, -0.1) is 12.4 Å². The lowest BCUT2D eigenvalue weighted by Gasteiger charge is -2.24. The number of nitrogens with one attached hydrogen (secondary N) is 1. The van der Waals surface area contributed by atoms with Crippen LogP contribution in [-0.2, 0) is 0 Å². The molecule has 0 aromatic carbocycles. The highest BCUT2D eigenvalue weighted by Crippen LogP contribution is 2.04. The van der Waals surface area contributed by atoms with Crippen molar-refractivity contribution in [1.82, 2.24) is 5.32 Å². The molecule has 2 nitrogen and oxygen atoms in total. The zero-order chi connectivity index (χ0) is 5.98. The van der Waals surface area contributed by atoms with Gasteiger partial charge >= 0.3 is 0 Å². The van der Waals surface area contributed by atoms with Crippen LogP contribution < -0.4 is 11.1 Å². The van der Waals surface area contributed by atoms with Crippen molar-refractivity contribution in [2.45, 2.75) is 31.8 Å². The van der Waals surface area contributed by atoms with Crippen molar-refractivity contribution in [3.8, 4) is 0 Å². The SMILES string of the molecule is CC1CCC(N)CN1.Cl. The zero-order valence-electron chi connectivity index (χ0n) is 5.76. The molecule has 56 valence electrons. The summed E-state index contributed by atoms with van der Waals surface area (Å²) in [5.41, 5.74) is 5.63. The maximum Gasteiger partial charge on any atom is 0.0165 e. The van der Waals surface area contributed by atoms with Gasteiger partial charge in [0.2, 0.25) is 0 Å². The molecule has 2 atom stereocenters. The van der Waals surface area contributed by atoms with Gasteiger partial charge in [0.25, 0.3) is 0 Å². The normalized spacial score (nSPS) is 35.3. The smallest absolute Gasteiger partial charge is 0.0165 e. The highest BCUT2D eigenvalue weighted by molar-refractivity contribution is 5.85. The molecule has 2 unspecified atom stereocenters. The van der Waals surface area contributed by atoms with Gasteiger partial charge in [-0.1, -0.05) is 0 Å². The third kappa shape index (κ3) is 3.04. The minimum atomic E-state index is 0. The van der Waals surface area contributed by atoms with Crippen LogP contribution >= 0.6 is 12.4 Å². The average Bonchev–Trinajstić information content (AvgIpc) is 1.77. The molecule has 0 spiro atoms. The summed E-state index contributed by atoms with van der Waals surface area (Å²) in [6.07, 6.45) is 2.43. The monoisotopic (exact) mass is 150 g/mol. The topological polar surface area (TPSA) is 38.0 Å². The van der Waals surface area contributed by atoms with Gasteiger partial charge in [0.15, 0.2) is 0 Å². The van der Waals surface area contributed by atoms with Crippen molar-refractivity contribution in [1.29, 1.82) is 0 Å². The van der Waals surface area contributed by atoms with E-state index in [4.69, 9.17) is 5.73 Å². The van der Waals surface area contributed by atoms with Crippen LogP contribution in [0.4, 0.5) is 0 Å². The van der Waals surface area contributed by atoms with Gasteiger partial charge in [0, 0.05) is 18.6 Å². The second kappa shape index (κ2) is 4.09. The Labute approximate surface area is 62.6 Å². The van der Waals surface area contributed by atoms with Gasteiger partial charge in [-0.25, -0.2) is 0 Å². The van der Waals surface area contributed by atoms with Crippen LogP contribution in [0.15, 0.2) is 0 Å². The van der Waals surface area contributed by atoms with E-state index in [1.165, 1.54) is 12.8 Å². The highest BCUT2D eigenvalue weighted by Gasteiger charge is 2.12. The largest absolute Gasteiger partial charge is 0.327 e. The van der Waals surface area contributed by atoms with Crippen molar-refractivity contribution in [3.63, 3.8) is 0 Å². The lowest BCUT2D eigenvalue weighted by molar-refractivity contribution is 0.384. The van der Waals surface area contributed by atoms with Crippen LogP contribution in [0, 0.1) is 0 Å². The second-order valence-electron chi connectivity index (χ2n) is 2.65. The molecule has 0 aromatic heterocycles. The standard InChI is InChI=1S/C6H14N2.ClH/c1-5-2-3-6(7)4-8-5;/h5-6,8H,2-4,7H2,1H3;1H. The number of nitrogens with two attached hydrogens (primary N) is 1. The lowest BCUT2D eigenvalue weighted by atomic mass is 10.0. The Bertz CT molecular complexity index is 59.5. The first kappa shape index (κ1) is 9.21. The van der Waals surface area contributed by atoms with E-state index in [1.54, 1.807) is 0 Å². The summed E-state index contributed by atoms with van der Waals surface area (Å²) in [5.74, 6) is 0. The number of rotatable bonds is 0. The third-order valence-electron chi connectivity index (χ3n) is 1.70. The third-order valence-corrected chi connectivity index (χ3v) is 1.70. The molecule has 0 radical (unpaired) electrons. The van der Waals surface area contributed by atoms with Crippen LogP contribution in [0.1, 0.15) is 19.8 Å². The fourth-order valence-electron chi connectivity index (χ4n) is 1.02. The molecule has 1 aliphatic rings. The van der Waals surface area contributed by atoms with E-state index >= 15 is 0 Å². The Morgan fingerprint density at radius 3 is 2.44 bits per heavy atom. The van der Waals surface area contributed by atoms with E-state index < -0.39 is 0 Å². The molecule has 9 heavy (non-hydrogen) atoms. The molecule has 1 fully saturated rings. The molecule has 0 aromatic rings. The molecule has 0 amide bonds. The average molecular weight is 151 g/mol. The quantitative estimate of drug-likeness (QED) is 0.528. The first-order valence-electron chi connectivity index (χ1n) is 3.28. The fraction of sp³-hybridized carbons (Fsp3) is 1.00. The zero-order valence-corrected chi connectivity index (χ0v) is 6.58. The molecule has 1 aliphatic heterocycles. The molecule has 0 aliphatic carbocycles. The van der Waals surface area contributed by atoms with Crippen LogP contribution in [0.5, 0.6) is 0 Å². The van der Waals surface area contributed by atoms with Crippen LogP contribution in [0.2, 0.25) is 0 Å². The van der Waals surface area contributed by atoms with Gasteiger partial charge < -0.3 is 11.1 Å². The minimum Gasteiger partial charge on any atom is -0.327 e. The van der Waals surface area contributed by atoms with Crippen LogP contribution in [-0.4, -0.2) is 18.6 Å². The number of hydrogen-bond donors (Lipinski definition) is 2. The Morgan fingerprint density at radius 2 is 2.11 bits per heavy atom. The van der Waals surface area contributed by atoms with Gasteiger partial charge in [-0.05, 0) is 19.8 Å². The predicted octanol–water partition coefficient (Wildman–Crippen LogP) is 0.507. The van der Waals surface area contributed by atoms with Gasteiger partial charge in [-0.3, -0.25) is 0 Å². The molecule has 1 heterocycles. The lowest BCUT2D eigenvalue weighted by Crippen LogP contribution is -2.43. The maximum atomic E-state index is 5.63. The van der Waals surface area contributed by atoms with Crippen LogP contribution in [0.25, 0.3) is 0 Å². The first-order valence-corrected chi connectivity index (χ1v) is 3.28. The molecule has 3 heteroatoms.